The van der Waals surface area contributed by atoms with Crippen LogP contribution in [0.1, 0.15) is 12.5 Å². The molecule has 1 aromatic rings. The summed E-state index contributed by atoms with van der Waals surface area (Å²) in [6.45, 7) is 3.49. The van der Waals surface area contributed by atoms with E-state index in [9.17, 15) is 9.59 Å². The van der Waals surface area contributed by atoms with Crippen LogP contribution < -0.4 is 14.8 Å². The lowest BCUT2D eigenvalue weighted by molar-refractivity contribution is -0.125. The van der Waals surface area contributed by atoms with E-state index in [1.54, 1.807) is 49.3 Å². The third kappa shape index (κ3) is 5.26. The summed E-state index contributed by atoms with van der Waals surface area (Å²) in [4.78, 5) is 31.8. The van der Waals surface area contributed by atoms with Crippen molar-refractivity contribution < 1.29 is 23.8 Å². The summed E-state index contributed by atoms with van der Waals surface area (Å²) in [5.74, 6) is 1.17. The highest BCUT2D eigenvalue weighted by Gasteiger charge is 2.26. The Morgan fingerprint density at radius 3 is 2.47 bits per heavy atom. The lowest BCUT2D eigenvalue weighted by Crippen LogP contribution is -2.52. The molecular weight excluding hydrogens is 414 g/mol. The summed E-state index contributed by atoms with van der Waals surface area (Å²) in [5, 5.41) is 11.3. The van der Waals surface area contributed by atoms with E-state index in [4.69, 9.17) is 19.6 Å². The topological polar surface area (TPSA) is 117 Å². The summed E-state index contributed by atoms with van der Waals surface area (Å²) in [5.41, 5.74) is 1.39. The van der Waals surface area contributed by atoms with Crippen molar-refractivity contribution in [1.82, 2.24) is 15.1 Å². The number of aliphatic imine (C=N–C) groups is 1. The Kier molecular flexibility index (Phi) is 7.48. The van der Waals surface area contributed by atoms with Crippen molar-refractivity contribution in [1.29, 1.82) is 5.41 Å². The van der Waals surface area contributed by atoms with Gasteiger partial charge in [-0.3, -0.25) is 10.2 Å². The summed E-state index contributed by atoms with van der Waals surface area (Å²) in [7, 11) is 3.14. The molecule has 0 saturated carbocycles. The number of benzene rings is 1. The maximum absolute atomic E-state index is 12.7. The van der Waals surface area contributed by atoms with Gasteiger partial charge in [-0.15, -0.1) is 0 Å². The minimum Gasteiger partial charge on any atom is -0.493 e. The zero-order valence-electron chi connectivity index (χ0n) is 18.4. The van der Waals surface area contributed by atoms with Gasteiger partial charge in [0, 0.05) is 49.7 Å². The molecule has 1 saturated heterocycles. The largest absolute Gasteiger partial charge is 0.493 e. The van der Waals surface area contributed by atoms with E-state index in [-0.39, 0.29) is 11.8 Å². The third-order valence-corrected chi connectivity index (χ3v) is 5.02. The average molecular weight is 441 g/mol. The first-order valence-electron chi connectivity index (χ1n) is 10.2. The van der Waals surface area contributed by atoms with Crippen LogP contribution in [0.3, 0.4) is 0 Å². The Labute approximate surface area is 186 Å². The number of nitrogens with zero attached hydrogens (tertiary/aromatic N) is 3. The van der Waals surface area contributed by atoms with Crippen LogP contribution in [-0.2, 0) is 9.53 Å². The summed E-state index contributed by atoms with van der Waals surface area (Å²) in [6.07, 6.45) is 4.40. The van der Waals surface area contributed by atoms with Crippen LogP contribution in [0, 0.1) is 5.41 Å². The number of allylic oxidation sites excluding steroid dienone is 1. The van der Waals surface area contributed by atoms with Crippen molar-refractivity contribution in [3.63, 3.8) is 0 Å². The first kappa shape index (κ1) is 22.9. The predicted molar refractivity (Wildman–Crippen MR) is 120 cm³/mol. The smallest absolute Gasteiger partial charge is 0.409 e. The summed E-state index contributed by atoms with van der Waals surface area (Å²) < 4.78 is 15.6. The molecule has 1 aromatic carbocycles. The van der Waals surface area contributed by atoms with Gasteiger partial charge in [0.25, 0.3) is 5.91 Å². The molecule has 2 amide bonds. The number of carbonyl (C=O) groups excluding carboxylic acids is 2. The monoisotopic (exact) mass is 441 g/mol. The number of piperazine rings is 1. The fourth-order valence-electron chi connectivity index (χ4n) is 3.33. The maximum atomic E-state index is 12.7. The molecule has 0 aliphatic carbocycles. The number of ether oxygens (including phenoxy) is 3. The quantitative estimate of drug-likeness (QED) is 0.651. The lowest BCUT2D eigenvalue weighted by Gasteiger charge is -2.33. The van der Waals surface area contributed by atoms with Gasteiger partial charge in [0.2, 0.25) is 0 Å². The van der Waals surface area contributed by atoms with E-state index in [0.717, 1.165) is 11.3 Å². The van der Waals surface area contributed by atoms with Crippen molar-refractivity contribution in [3.8, 4) is 11.5 Å². The van der Waals surface area contributed by atoms with E-state index in [2.05, 4.69) is 10.3 Å². The van der Waals surface area contributed by atoms with Crippen LogP contribution in [0.15, 0.2) is 41.2 Å². The third-order valence-electron chi connectivity index (χ3n) is 5.02. The molecule has 0 radical (unpaired) electrons. The highest BCUT2D eigenvalue weighted by Crippen LogP contribution is 2.30. The van der Waals surface area contributed by atoms with Gasteiger partial charge in [0.05, 0.1) is 20.8 Å². The minimum atomic E-state index is -0.416. The molecule has 170 valence electrons. The van der Waals surface area contributed by atoms with Crippen LogP contribution >= 0.6 is 0 Å². The second-order valence-corrected chi connectivity index (χ2v) is 6.97. The molecule has 2 aliphatic heterocycles. The normalized spacial score (nSPS) is 16.8. The van der Waals surface area contributed by atoms with E-state index in [1.807, 2.05) is 12.1 Å². The zero-order valence-corrected chi connectivity index (χ0v) is 18.4. The van der Waals surface area contributed by atoms with Crippen molar-refractivity contribution in [2.75, 3.05) is 47.0 Å². The first-order valence-corrected chi connectivity index (χ1v) is 10.2. The second kappa shape index (κ2) is 10.5. The van der Waals surface area contributed by atoms with Gasteiger partial charge in [-0.2, -0.15) is 0 Å². The Morgan fingerprint density at radius 1 is 1.12 bits per heavy atom. The van der Waals surface area contributed by atoms with Gasteiger partial charge in [0.1, 0.15) is 11.5 Å². The number of amides is 2. The van der Waals surface area contributed by atoms with Crippen LogP contribution in [0.25, 0.3) is 5.70 Å². The van der Waals surface area contributed by atoms with Gasteiger partial charge in [-0.25, -0.2) is 9.79 Å². The molecule has 0 atom stereocenters. The second-order valence-electron chi connectivity index (χ2n) is 6.97. The average Bonchev–Trinajstić information content (AvgIpc) is 2.83. The van der Waals surface area contributed by atoms with Gasteiger partial charge in [0.15, 0.2) is 11.5 Å². The molecule has 10 nitrogen and oxygen atoms in total. The Morgan fingerprint density at radius 2 is 1.81 bits per heavy atom. The standard InChI is InChI=1S/C22H27N5O5/c1-4-32-22(29)27-11-9-26(10-12-27)21(28)16(23)14-20-24-8-7-17(25-20)15-5-6-18(30-2)19(13-15)31-3/h5-8,13-14,23,25H,4,9-12H2,1-3H3/b20-14-,23-16?. The molecule has 2 N–H and O–H groups in total. The van der Waals surface area contributed by atoms with Crippen molar-refractivity contribution in [3.05, 3.63) is 41.7 Å². The van der Waals surface area contributed by atoms with Gasteiger partial charge < -0.3 is 29.3 Å². The molecule has 2 aliphatic rings. The predicted octanol–water partition coefficient (Wildman–Crippen LogP) is 1.88. The molecule has 32 heavy (non-hydrogen) atoms. The number of rotatable bonds is 6. The number of hydrogen-bond donors (Lipinski definition) is 2. The lowest BCUT2D eigenvalue weighted by atomic mass is 10.1. The Balaban J connectivity index is 1.62. The van der Waals surface area contributed by atoms with Gasteiger partial charge >= 0.3 is 6.09 Å². The summed E-state index contributed by atoms with van der Waals surface area (Å²) in [6, 6.07) is 5.50. The molecule has 10 heteroatoms. The number of methoxy groups -OCH3 is 2. The fraction of sp³-hybridized carbons (Fsp3) is 0.364. The molecule has 3 rings (SSSR count). The molecule has 0 bridgehead atoms. The van der Waals surface area contributed by atoms with Crippen molar-refractivity contribution in [2.24, 2.45) is 4.99 Å². The van der Waals surface area contributed by atoms with Crippen LogP contribution in [0.2, 0.25) is 0 Å². The molecule has 0 unspecified atom stereocenters. The van der Waals surface area contributed by atoms with Crippen molar-refractivity contribution in [2.45, 2.75) is 6.92 Å². The van der Waals surface area contributed by atoms with Gasteiger partial charge in [-0.05, 0) is 31.2 Å². The van der Waals surface area contributed by atoms with Gasteiger partial charge in [-0.1, -0.05) is 0 Å². The van der Waals surface area contributed by atoms with Crippen LogP contribution in [0.4, 0.5) is 4.79 Å². The highest BCUT2D eigenvalue weighted by molar-refractivity contribution is 6.42. The number of nitrogens with one attached hydrogen (secondary N) is 2. The van der Waals surface area contributed by atoms with E-state index in [0.29, 0.717) is 50.1 Å². The SMILES string of the molecule is CCOC(=O)N1CCN(C(=O)C(=N)/C=C2/N=CC=C(c3ccc(OC)c(OC)c3)N2)CC1. The first-order chi connectivity index (χ1) is 15.5. The highest BCUT2D eigenvalue weighted by atomic mass is 16.6. The van der Waals surface area contributed by atoms with Crippen LogP contribution in [-0.4, -0.2) is 80.7 Å². The van der Waals surface area contributed by atoms with E-state index >= 15 is 0 Å². The van der Waals surface area contributed by atoms with E-state index in [1.165, 1.54) is 6.08 Å². The Bertz CT molecular complexity index is 977. The van der Waals surface area contributed by atoms with Crippen molar-refractivity contribution >= 4 is 29.6 Å². The molecule has 1 fully saturated rings. The van der Waals surface area contributed by atoms with E-state index < -0.39 is 5.91 Å². The number of carbonyl (C=O) groups is 2. The fourth-order valence-corrected chi connectivity index (χ4v) is 3.33. The molecule has 0 aromatic heterocycles. The number of hydrogen-bond acceptors (Lipinski definition) is 8. The Hall–Kier alpha value is -3.82. The summed E-state index contributed by atoms with van der Waals surface area (Å²) >= 11 is 0. The van der Waals surface area contributed by atoms with Crippen LogP contribution in [0.5, 0.6) is 11.5 Å². The molecule has 0 spiro atoms. The maximum Gasteiger partial charge on any atom is 0.409 e. The molecular formula is C22H27N5O5. The zero-order chi connectivity index (χ0) is 23.1. The molecule has 2 heterocycles. The minimum absolute atomic E-state index is 0.192.